The van der Waals surface area contributed by atoms with E-state index in [4.69, 9.17) is 4.89 Å². The molecule has 9 heteroatoms. The predicted molar refractivity (Wildman–Crippen MR) is 73.0 cm³/mol. The van der Waals surface area contributed by atoms with Crippen molar-refractivity contribution in [3.8, 4) is 0 Å². The first-order valence-corrected chi connectivity index (χ1v) is 9.01. The molecular formula is C10H15O6PS2. The third kappa shape index (κ3) is 4.91. The molecule has 0 amide bonds. The summed E-state index contributed by atoms with van der Waals surface area (Å²) in [6.07, 6.45) is 0. The highest BCUT2D eigenvalue weighted by atomic mass is 32.2. The van der Waals surface area contributed by atoms with E-state index in [9.17, 15) is 13.0 Å². The number of hydrogen-bond donors (Lipinski definition) is 1. The SMILES string of the molecule is CCSc1cccc(C)c1S(=O)(=O)OCO[PH](=O)O. The Labute approximate surface area is 117 Å². The average molecular weight is 326 g/mol. The van der Waals surface area contributed by atoms with Crippen molar-refractivity contribution >= 4 is 30.1 Å². The van der Waals surface area contributed by atoms with Crippen LogP contribution in [0.25, 0.3) is 0 Å². The second-order valence-electron chi connectivity index (χ2n) is 3.44. The minimum Gasteiger partial charge on any atom is -0.326 e. The molecule has 1 unspecified atom stereocenters. The van der Waals surface area contributed by atoms with Crippen LogP contribution in [0.5, 0.6) is 0 Å². The Morgan fingerprint density at radius 3 is 2.68 bits per heavy atom. The molecule has 0 heterocycles. The lowest BCUT2D eigenvalue weighted by molar-refractivity contribution is 0.120. The van der Waals surface area contributed by atoms with Crippen molar-refractivity contribution in [1.82, 2.24) is 0 Å². The lowest BCUT2D eigenvalue weighted by Crippen LogP contribution is -2.11. The van der Waals surface area contributed by atoms with E-state index in [2.05, 4.69) is 8.71 Å². The molecular weight excluding hydrogens is 311 g/mol. The predicted octanol–water partition coefficient (Wildman–Crippen LogP) is 2.17. The highest BCUT2D eigenvalue weighted by Gasteiger charge is 2.22. The van der Waals surface area contributed by atoms with Gasteiger partial charge in [0.15, 0.2) is 6.79 Å². The van der Waals surface area contributed by atoms with Gasteiger partial charge in [-0.3, -0.25) is 9.09 Å². The van der Waals surface area contributed by atoms with Crippen LogP contribution < -0.4 is 0 Å². The molecule has 0 saturated heterocycles. The molecule has 1 atom stereocenters. The van der Waals surface area contributed by atoms with Crippen molar-refractivity contribution < 1.29 is 26.6 Å². The smallest absolute Gasteiger partial charge is 0.318 e. The van der Waals surface area contributed by atoms with Gasteiger partial charge in [-0.2, -0.15) is 8.42 Å². The zero-order valence-corrected chi connectivity index (χ0v) is 13.1. The summed E-state index contributed by atoms with van der Waals surface area (Å²) in [4.78, 5) is 9.11. The van der Waals surface area contributed by atoms with E-state index >= 15 is 0 Å². The van der Waals surface area contributed by atoms with Crippen molar-refractivity contribution in [3.63, 3.8) is 0 Å². The van der Waals surface area contributed by atoms with Crippen molar-refractivity contribution in [2.24, 2.45) is 0 Å². The summed E-state index contributed by atoms with van der Waals surface area (Å²) in [5.41, 5.74) is 0.551. The van der Waals surface area contributed by atoms with E-state index in [-0.39, 0.29) is 4.90 Å². The van der Waals surface area contributed by atoms with E-state index in [1.165, 1.54) is 11.8 Å². The third-order valence-corrected chi connectivity index (χ3v) is 4.99. The molecule has 0 aliphatic heterocycles. The molecule has 1 N–H and O–H groups in total. The molecule has 0 aromatic heterocycles. The lowest BCUT2D eigenvalue weighted by Gasteiger charge is -2.12. The molecule has 0 fully saturated rings. The molecule has 1 rings (SSSR count). The molecule has 19 heavy (non-hydrogen) atoms. The van der Waals surface area contributed by atoms with Crippen molar-refractivity contribution in [3.05, 3.63) is 23.8 Å². The average Bonchev–Trinajstić information content (AvgIpc) is 2.28. The van der Waals surface area contributed by atoms with Gasteiger partial charge in [-0.05, 0) is 24.3 Å². The summed E-state index contributed by atoms with van der Waals surface area (Å²) in [5.74, 6) is 0.715. The van der Waals surface area contributed by atoms with Gasteiger partial charge in [0, 0.05) is 4.90 Å². The summed E-state index contributed by atoms with van der Waals surface area (Å²) in [6.45, 7) is 2.79. The zero-order valence-electron chi connectivity index (χ0n) is 10.5. The summed E-state index contributed by atoms with van der Waals surface area (Å²) < 4.78 is 43.3. The lowest BCUT2D eigenvalue weighted by atomic mass is 10.2. The fourth-order valence-corrected chi connectivity index (χ4v) is 3.99. The number of thioether (sulfide) groups is 1. The Bertz CT molecular complexity index is 557. The number of hydrogen-bond acceptors (Lipinski definition) is 6. The van der Waals surface area contributed by atoms with Gasteiger partial charge in [-0.25, -0.2) is 4.18 Å². The molecule has 108 valence electrons. The maximum absolute atomic E-state index is 12.0. The quantitative estimate of drug-likeness (QED) is 0.355. The second-order valence-corrected chi connectivity index (χ2v) is 7.11. The molecule has 1 aromatic carbocycles. The fraction of sp³-hybridized carbons (Fsp3) is 0.400. The molecule has 0 spiro atoms. The van der Waals surface area contributed by atoms with Crippen LogP contribution in [0.4, 0.5) is 0 Å². The molecule has 0 aliphatic rings. The normalized spacial score (nSPS) is 13.4. The van der Waals surface area contributed by atoms with Gasteiger partial charge in [0.1, 0.15) is 4.90 Å². The van der Waals surface area contributed by atoms with Crippen LogP contribution >= 0.6 is 20.0 Å². The zero-order chi connectivity index (χ0) is 14.5. The van der Waals surface area contributed by atoms with Gasteiger partial charge < -0.3 is 4.89 Å². The monoisotopic (exact) mass is 326 g/mol. The maximum Gasteiger partial charge on any atom is 0.318 e. The number of rotatable bonds is 7. The molecule has 0 bridgehead atoms. The minimum atomic E-state index is -4.02. The first kappa shape index (κ1) is 16.7. The van der Waals surface area contributed by atoms with E-state index in [0.29, 0.717) is 16.2 Å². The Hall–Kier alpha value is -0.370. The fourth-order valence-electron chi connectivity index (χ4n) is 1.41. The van der Waals surface area contributed by atoms with Crippen LogP contribution in [0.15, 0.2) is 28.0 Å². The van der Waals surface area contributed by atoms with Crippen LogP contribution in [0.2, 0.25) is 0 Å². The molecule has 0 radical (unpaired) electrons. The van der Waals surface area contributed by atoms with Crippen LogP contribution in [-0.4, -0.2) is 25.9 Å². The Morgan fingerprint density at radius 1 is 1.42 bits per heavy atom. The summed E-state index contributed by atoms with van der Waals surface area (Å²) in [6, 6.07) is 5.11. The van der Waals surface area contributed by atoms with Gasteiger partial charge >= 0.3 is 18.4 Å². The van der Waals surface area contributed by atoms with Crippen LogP contribution in [0.3, 0.4) is 0 Å². The topological polar surface area (TPSA) is 89.9 Å². The summed E-state index contributed by atoms with van der Waals surface area (Å²) >= 11 is 1.38. The van der Waals surface area contributed by atoms with Crippen molar-refractivity contribution in [1.29, 1.82) is 0 Å². The Morgan fingerprint density at radius 2 is 2.11 bits per heavy atom. The van der Waals surface area contributed by atoms with E-state index in [0.717, 1.165) is 0 Å². The Kier molecular flexibility index (Phi) is 6.52. The highest BCUT2D eigenvalue weighted by molar-refractivity contribution is 8.00. The second kappa shape index (κ2) is 7.42. The highest BCUT2D eigenvalue weighted by Crippen LogP contribution is 2.30. The van der Waals surface area contributed by atoms with Crippen LogP contribution in [0.1, 0.15) is 12.5 Å². The Balaban J connectivity index is 3.02. The molecule has 0 saturated carbocycles. The largest absolute Gasteiger partial charge is 0.326 e. The summed E-state index contributed by atoms with van der Waals surface area (Å²) in [7, 11) is -7.23. The van der Waals surface area contributed by atoms with Gasteiger partial charge in [0.05, 0.1) is 0 Å². The molecule has 1 aromatic rings. The third-order valence-electron chi connectivity index (χ3n) is 2.11. The molecule has 0 aliphatic carbocycles. The van der Waals surface area contributed by atoms with Gasteiger partial charge in [-0.1, -0.05) is 19.1 Å². The van der Waals surface area contributed by atoms with Gasteiger partial charge in [0.25, 0.3) is 0 Å². The van der Waals surface area contributed by atoms with E-state index in [1.807, 2.05) is 6.92 Å². The van der Waals surface area contributed by atoms with Gasteiger partial charge in [-0.15, -0.1) is 11.8 Å². The van der Waals surface area contributed by atoms with Crippen molar-refractivity contribution in [2.45, 2.75) is 23.6 Å². The number of aryl methyl sites for hydroxylation is 1. The van der Waals surface area contributed by atoms with Crippen LogP contribution in [-0.2, 0) is 23.4 Å². The van der Waals surface area contributed by atoms with Gasteiger partial charge in [0.2, 0.25) is 0 Å². The first-order chi connectivity index (χ1) is 8.88. The number of benzene rings is 1. The van der Waals surface area contributed by atoms with Crippen LogP contribution in [0, 0.1) is 6.92 Å². The van der Waals surface area contributed by atoms with Crippen molar-refractivity contribution in [2.75, 3.05) is 12.5 Å². The standard InChI is InChI=1S/C10H15O6PS2/c1-3-18-9-6-4-5-8(2)10(9)19(13,14)16-7-15-17(11)12/h4-6,17H,3,7H2,1-2H3,(H,11,12). The van der Waals surface area contributed by atoms with E-state index < -0.39 is 25.2 Å². The molecule has 6 nitrogen and oxygen atoms in total. The summed E-state index contributed by atoms with van der Waals surface area (Å²) in [5, 5.41) is 0. The maximum atomic E-state index is 12.0. The minimum absolute atomic E-state index is 0.0723. The first-order valence-electron chi connectivity index (χ1n) is 5.36. The van der Waals surface area contributed by atoms with E-state index in [1.54, 1.807) is 25.1 Å².